The van der Waals surface area contributed by atoms with Crippen molar-refractivity contribution in [3.63, 3.8) is 0 Å². The number of hydrogen-bond acceptors (Lipinski definition) is 4. The Morgan fingerprint density at radius 2 is 2.35 bits per heavy atom. The van der Waals surface area contributed by atoms with Crippen molar-refractivity contribution in [2.45, 2.75) is 18.9 Å². The summed E-state index contributed by atoms with van der Waals surface area (Å²) in [5.41, 5.74) is 0. The van der Waals surface area contributed by atoms with Gasteiger partial charge in [0.05, 0.1) is 15.3 Å². The summed E-state index contributed by atoms with van der Waals surface area (Å²) in [7, 11) is -0.869. The van der Waals surface area contributed by atoms with E-state index in [1.165, 1.54) is 4.88 Å². The number of sulfone groups is 1. The van der Waals surface area contributed by atoms with Crippen LogP contribution in [0.2, 0.25) is 0 Å². The predicted octanol–water partition coefficient (Wildman–Crippen LogP) is 2.08. The molecule has 0 aromatic carbocycles. The monoisotopic (exact) mass is 337 g/mol. The van der Waals surface area contributed by atoms with Crippen LogP contribution < -0.4 is 5.32 Å². The van der Waals surface area contributed by atoms with Gasteiger partial charge in [-0.25, -0.2) is 8.42 Å². The van der Waals surface area contributed by atoms with E-state index in [1.807, 2.05) is 13.1 Å². The molecule has 0 bridgehead atoms. The third-order valence-corrected chi connectivity index (χ3v) is 6.70. The SMILES string of the molecule is CNC(Cc1ccc(Br)s1)C1CCS(=O)(=O)C1. The van der Waals surface area contributed by atoms with Crippen molar-refractivity contribution in [2.24, 2.45) is 5.92 Å². The van der Waals surface area contributed by atoms with E-state index in [-0.39, 0.29) is 12.0 Å². The summed E-state index contributed by atoms with van der Waals surface area (Å²) >= 11 is 5.17. The van der Waals surface area contributed by atoms with Gasteiger partial charge >= 0.3 is 0 Å². The minimum absolute atomic E-state index is 0.255. The fourth-order valence-corrected chi connectivity index (χ4v) is 5.75. The first kappa shape index (κ1) is 13.5. The Morgan fingerprint density at radius 3 is 2.82 bits per heavy atom. The van der Waals surface area contributed by atoms with Gasteiger partial charge in [-0.3, -0.25) is 0 Å². The first-order valence-electron chi connectivity index (χ1n) is 5.62. The fourth-order valence-electron chi connectivity index (χ4n) is 2.32. The van der Waals surface area contributed by atoms with Gasteiger partial charge in [0, 0.05) is 10.9 Å². The van der Waals surface area contributed by atoms with Crippen molar-refractivity contribution in [3.05, 3.63) is 20.8 Å². The lowest BCUT2D eigenvalue weighted by Crippen LogP contribution is -2.36. The van der Waals surface area contributed by atoms with Crippen molar-refractivity contribution in [1.29, 1.82) is 0 Å². The number of thiophene rings is 1. The van der Waals surface area contributed by atoms with Crippen LogP contribution in [0.25, 0.3) is 0 Å². The van der Waals surface area contributed by atoms with Gasteiger partial charge < -0.3 is 5.32 Å². The second kappa shape index (κ2) is 5.38. The molecule has 1 N–H and O–H groups in total. The Hall–Kier alpha value is 0.0900. The molecule has 2 heterocycles. The highest BCUT2D eigenvalue weighted by Crippen LogP contribution is 2.27. The standard InChI is InChI=1S/C11H16BrNO2S2/c1-13-10(6-9-2-3-11(12)16-9)8-4-5-17(14,15)7-8/h2-3,8,10,13H,4-7H2,1H3. The van der Waals surface area contributed by atoms with Crippen LogP contribution in [-0.4, -0.2) is 33.0 Å². The van der Waals surface area contributed by atoms with Crippen LogP contribution in [0.15, 0.2) is 15.9 Å². The molecule has 0 radical (unpaired) electrons. The molecule has 6 heteroatoms. The van der Waals surface area contributed by atoms with Crippen LogP contribution in [0.1, 0.15) is 11.3 Å². The van der Waals surface area contributed by atoms with E-state index in [4.69, 9.17) is 0 Å². The van der Waals surface area contributed by atoms with E-state index in [0.717, 1.165) is 16.6 Å². The molecule has 2 atom stereocenters. The maximum absolute atomic E-state index is 11.5. The number of nitrogens with one attached hydrogen (secondary N) is 1. The predicted molar refractivity (Wildman–Crippen MR) is 75.3 cm³/mol. The molecular formula is C11H16BrNO2S2. The van der Waals surface area contributed by atoms with E-state index in [9.17, 15) is 8.42 Å². The Labute approximate surface area is 115 Å². The van der Waals surface area contributed by atoms with Gasteiger partial charge in [-0.2, -0.15) is 0 Å². The molecule has 2 rings (SSSR count). The van der Waals surface area contributed by atoms with E-state index in [2.05, 4.69) is 27.3 Å². The molecule has 96 valence electrons. The van der Waals surface area contributed by atoms with Crippen LogP contribution in [-0.2, 0) is 16.3 Å². The molecule has 3 nitrogen and oxygen atoms in total. The summed E-state index contributed by atoms with van der Waals surface area (Å²) in [6.45, 7) is 0. The summed E-state index contributed by atoms with van der Waals surface area (Å²) in [4.78, 5) is 1.29. The molecule has 0 aliphatic carbocycles. The molecule has 1 aromatic rings. The summed E-state index contributed by atoms with van der Waals surface area (Å²) in [6, 6.07) is 4.40. The molecule has 1 fully saturated rings. The van der Waals surface area contributed by atoms with Gasteiger partial charge in [0.15, 0.2) is 9.84 Å². The van der Waals surface area contributed by atoms with Gasteiger partial charge in [0.1, 0.15) is 0 Å². The maximum Gasteiger partial charge on any atom is 0.150 e. The highest BCUT2D eigenvalue weighted by molar-refractivity contribution is 9.11. The second-order valence-corrected chi connectivity index (χ2v) is 9.24. The molecule has 0 saturated carbocycles. The molecular weight excluding hydrogens is 322 g/mol. The fraction of sp³-hybridized carbons (Fsp3) is 0.636. The van der Waals surface area contributed by atoms with E-state index in [1.54, 1.807) is 11.3 Å². The number of likely N-dealkylation sites (N-methyl/N-ethyl adjacent to an activating group) is 1. The third-order valence-electron chi connectivity index (χ3n) is 3.26. The van der Waals surface area contributed by atoms with Gasteiger partial charge in [-0.1, -0.05) is 0 Å². The smallest absolute Gasteiger partial charge is 0.150 e. The largest absolute Gasteiger partial charge is 0.316 e. The Kier molecular flexibility index (Phi) is 4.28. The van der Waals surface area contributed by atoms with Gasteiger partial charge in [0.2, 0.25) is 0 Å². The summed E-state index contributed by atoms with van der Waals surface area (Å²) in [5.74, 6) is 0.945. The average Bonchev–Trinajstić information content (AvgIpc) is 2.81. The van der Waals surface area contributed by atoms with Crippen molar-refractivity contribution in [3.8, 4) is 0 Å². The molecule has 1 saturated heterocycles. The lowest BCUT2D eigenvalue weighted by molar-refractivity contribution is 0.405. The lowest BCUT2D eigenvalue weighted by atomic mass is 9.96. The molecule has 2 unspecified atom stereocenters. The Bertz CT molecular complexity index is 483. The Morgan fingerprint density at radius 1 is 1.59 bits per heavy atom. The summed E-state index contributed by atoms with van der Waals surface area (Å²) in [5, 5.41) is 3.27. The van der Waals surface area contributed by atoms with Crippen LogP contribution in [0.3, 0.4) is 0 Å². The number of hydrogen-bond donors (Lipinski definition) is 1. The van der Waals surface area contributed by atoms with Crippen LogP contribution in [0.5, 0.6) is 0 Å². The summed E-state index contributed by atoms with van der Waals surface area (Å²) < 4.78 is 24.1. The molecule has 0 spiro atoms. The van der Waals surface area contributed by atoms with Gasteiger partial charge in [-0.05, 0) is 53.9 Å². The highest BCUT2D eigenvalue weighted by Gasteiger charge is 2.33. The number of rotatable bonds is 4. The van der Waals surface area contributed by atoms with Crippen LogP contribution >= 0.6 is 27.3 Å². The molecule has 1 aliphatic rings. The van der Waals surface area contributed by atoms with Crippen molar-refractivity contribution >= 4 is 37.1 Å². The lowest BCUT2D eigenvalue weighted by Gasteiger charge is -2.21. The summed E-state index contributed by atoms with van der Waals surface area (Å²) in [6.07, 6.45) is 1.70. The molecule has 17 heavy (non-hydrogen) atoms. The minimum Gasteiger partial charge on any atom is -0.316 e. The third kappa shape index (κ3) is 3.53. The zero-order valence-electron chi connectivity index (χ0n) is 9.65. The van der Waals surface area contributed by atoms with Crippen molar-refractivity contribution in [2.75, 3.05) is 18.6 Å². The average molecular weight is 338 g/mol. The topological polar surface area (TPSA) is 46.2 Å². The molecule has 1 aromatic heterocycles. The first-order chi connectivity index (χ1) is 8.00. The van der Waals surface area contributed by atoms with Crippen molar-refractivity contribution in [1.82, 2.24) is 5.32 Å². The van der Waals surface area contributed by atoms with E-state index >= 15 is 0 Å². The zero-order chi connectivity index (χ0) is 12.5. The van der Waals surface area contributed by atoms with E-state index < -0.39 is 9.84 Å². The zero-order valence-corrected chi connectivity index (χ0v) is 12.9. The molecule has 0 amide bonds. The van der Waals surface area contributed by atoms with Crippen molar-refractivity contribution < 1.29 is 8.42 Å². The molecule has 1 aliphatic heterocycles. The van der Waals surface area contributed by atoms with Crippen LogP contribution in [0, 0.1) is 5.92 Å². The number of halogens is 1. The maximum atomic E-state index is 11.5. The minimum atomic E-state index is -2.78. The van der Waals surface area contributed by atoms with E-state index in [0.29, 0.717) is 11.5 Å². The highest BCUT2D eigenvalue weighted by atomic mass is 79.9. The quantitative estimate of drug-likeness (QED) is 0.914. The first-order valence-corrected chi connectivity index (χ1v) is 9.05. The second-order valence-electron chi connectivity index (χ2n) is 4.47. The van der Waals surface area contributed by atoms with Gasteiger partial charge in [-0.15, -0.1) is 11.3 Å². The van der Waals surface area contributed by atoms with Gasteiger partial charge in [0.25, 0.3) is 0 Å². The normalized spacial score (nSPS) is 24.9. The Balaban J connectivity index is 2.02. The van der Waals surface area contributed by atoms with Crippen LogP contribution in [0.4, 0.5) is 0 Å².